The molecule has 6 nitrogen and oxygen atoms in total. The molecule has 6 heteroatoms. The average Bonchev–Trinajstić information content (AvgIpc) is 2.63. The van der Waals surface area contributed by atoms with E-state index in [0.717, 1.165) is 38.0 Å². The number of amides is 1. The maximum Gasteiger partial charge on any atom is 0.303 e. The predicted octanol–water partition coefficient (Wildman–Crippen LogP) is 2.75. The zero-order valence-corrected chi connectivity index (χ0v) is 14.5. The van der Waals surface area contributed by atoms with Crippen LogP contribution < -0.4 is 10.1 Å². The van der Waals surface area contributed by atoms with Gasteiger partial charge in [-0.2, -0.15) is 0 Å². The number of hydrogen-bond donors (Lipinski definition) is 2. The number of benzene rings is 1. The monoisotopic (exact) mass is 349 g/mol. The fourth-order valence-corrected chi connectivity index (χ4v) is 2.78. The second-order valence-corrected chi connectivity index (χ2v) is 6.36. The highest BCUT2D eigenvalue weighted by Gasteiger charge is 2.15. The summed E-state index contributed by atoms with van der Waals surface area (Å²) in [4.78, 5) is 22.4. The van der Waals surface area contributed by atoms with Crippen molar-refractivity contribution in [2.24, 2.45) is 5.92 Å². The van der Waals surface area contributed by atoms with Crippen LogP contribution in [0.3, 0.4) is 0 Å². The van der Waals surface area contributed by atoms with E-state index >= 15 is 0 Å². The third kappa shape index (κ3) is 8.03. The molecular formula is C19H27NO5. The lowest BCUT2D eigenvalue weighted by molar-refractivity contribution is -0.137. The molecule has 1 aromatic carbocycles. The molecule has 0 radical (unpaired) electrons. The smallest absolute Gasteiger partial charge is 0.303 e. The van der Waals surface area contributed by atoms with E-state index in [1.807, 2.05) is 24.3 Å². The van der Waals surface area contributed by atoms with Gasteiger partial charge in [0.25, 0.3) is 0 Å². The second kappa shape index (κ2) is 10.7. The first-order chi connectivity index (χ1) is 12.1. The average molecular weight is 349 g/mol. The zero-order valence-electron chi connectivity index (χ0n) is 14.5. The molecule has 1 heterocycles. The van der Waals surface area contributed by atoms with Crippen molar-refractivity contribution in [1.29, 1.82) is 0 Å². The highest BCUT2D eigenvalue weighted by Crippen LogP contribution is 2.20. The molecule has 0 aromatic heterocycles. The van der Waals surface area contributed by atoms with Crippen LogP contribution in [0.25, 0.3) is 0 Å². The molecule has 0 aliphatic carbocycles. The predicted molar refractivity (Wildman–Crippen MR) is 93.4 cm³/mol. The Bertz CT molecular complexity index is 537. The van der Waals surface area contributed by atoms with Gasteiger partial charge >= 0.3 is 5.97 Å². The Labute approximate surface area is 148 Å². The molecule has 0 spiro atoms. The number of ether oxygens (including phenoxy) is 2. The summed E-state index contributed by atoms with van der Waals surface area (Å²) in [5, 5.41) is 11.5. The van der Waals surface area contributed by atoms with Crippen molar-refractivity contribution < 1.29 is 24.2 Å². The van der Waals surface area contributed by atoms with Crippen LogP contribution in [0.15, 0.2) is 24.3 Å². The Morgan fingerprint density at radius 1 is 1.16 bits per heavy atom. The summed E-state index contributed by atoms with van der Waals surface area (Å²) in [7, 11) is 0. The van der Waals surface area contributed by atoms with Gasteiger partial charge in [-0.3, -0.25) is 9.59 Å². The highest BCUT2D eigenvalue weighted by atomic mass is 16.5. The molecule has 1 aliphatic rings. The molecule has 138 valence electrons. The minimum atomic E-state index is -0.813. The fourth-order valence-electron chi connectivity index (χ4n) is 2.78. The Hall–Kier alpha value is -2.08. The molecule has 1 amide bonds. The molecule has 1 aromatic rings. The topological polar surface area (TPSA) is 84.9 Å². The molecule has 2 rings (SSSR count). The van der Waals surface area contributed by atoms with E-state index in [9.17, 15) is 9.59 Å². The minimum Gasteiger partial charge on any atom is -0.494 e. The van der Waals surface area contributed by atoms with E-state index in [1.54, 1.807) is 0 Å². The van der Waals surface area contributed by atoms with Crippen LogP contribution in [0.1, 0.15) is 44.1 Å². The van der Waals surface area contributed by atoms with Crippen LogP contribution in [0.5, 0.6) is 5.75 Å². The zero-order chi connectivity index (χ0) is 17.9. The van der Waals surface area contributed by atoms with E-state index in [2.05, 4.69) is 5.32 Å². The van der Waals surface area contributed by atoms with Gasteiger partial charge in [-0.25, -0.2) is 0 Å². The van der Waals surface area contributed by atoms with Crippen molar-refractivity contribution in [1.82, 2.24) is 5.32 Å². The van der Waals surface area contributed by atoms with Gasteiger partial charge in [0.05, 0.1) is 6.61 Å². The number of hydrogen-bond acceptors (Lipinski definition) is 4. The molecule has 0 bridgehead atoms. The van der Waals surface area contributed by atoms with Crippen LogP contribution in [0.4, 0.5) is 0 Å². The molecule has 1 fully saturated rings. The van der Waals surface area contributed by atoms with Crippen LogP contribution >= 0.6 is 0 Å². The molecule has 25 heavy (non-hydrogen) atoms. The van der Waals surface area contributed by atoms with Gasteiger partial charge in [0.2, 0.25) is 5.91 Å². The normalized spacial score (nSPS) is 14.9. The lowest BCUT2D eigenvalue weighted by Gasteiger charge is -2.21. The summed E-state index contributed by atoms with van der Waals surface area (Å²) in [5.74, 6) is 0.587. The Morgan fingerprint density at radius 2 is 1.88 bits per heavy atom. The molecule has 0 atom stereocenters. The lowest BCUT2D eigenvalue weighted by atomic mass is 9.95. The Morgan fingerprint density at radius 3 is 2.56 bits per heavy atom. The summed E-state index contributed by atoms with van der Waals surface area (Å²) in [5.41, 5.74) is 1.01. The number of carbonyl (C=O) groups is 2. The maximum atomic E-state index is 11.9. The van der Waals surface area contributed by atoms with E-state index < -0.39 is 5.97 Å². The van der Waals surface area contributed by atoms with Gasteiger partial charge < -0.3 is 19.9 Å². The molecule has 0 saturated carbocycles. The summed E-state index contributed by atoms with van der Waals surface area (Å²) in [6.07, 6.45) is 4.20. The SMILES string of the molecule is O=C(O)CCCOc1ccc(CNC(=O)CCC2CCOCC2)cc1. The summed E-state index contributed by atoms with van der Waals surface area (Å²) in [6, 6.07) is 7.49. The minimum absolute atomic E-state index is 0.0838. The third-order valence-corrected chi connectivity index (χ3v) is 4.34. The molecule has 1 aliphatic heterocycles. The molecule has 2 N–H and O–H groups in total. The number of nitrogens with one attached hydrogen (secondary N) is 1. The lowest BCUT2D eigenvalue weighted by Crippen LogP contribution is -2.24. The van der Waals surface area contributed by atoms with E-state index in [-0.39, 0.29) is 12.3 Å². The number of carboxylic acid groups (broad SMARTS) is 1. The van der Waals surface area contributed by atoms with Crippen molar-refractivity contribution in [2.75, 3.05) is 19.8 Å². The maximum absolute atomic E-state index is 11.9. The Balaban J connectivity index is 1.61. The van der Waals surface area contributed by atoms with Crippen LogP contribution in [-0.4, -0.2) is 36.8 Å². The van der Waals surface area contributed by atoms with Crippen LogP contribution in [0.2, 0.25) is 0 Å². The standard InChI is InChI=1S/C19H27NO5/c21-18(8-5-15-9-12-24-13-10-15)20-14-16-3-6-17(7-4-16)25-11-1-2-19(22)23/h3-4,6-7,15H,1-2,5,8-14H2,(H,20,21)(H,22,23). The van der Waals surface area contributed by atoms with Crippen molar-refractivity contribution >= 4 is 11.9 Å². The molecule has 1 saturated heterocycles. The largest absolute Gasteiger partial charge is 0.494 e. The van der Waals surface area contributed by atoms with Gasteiger partial charge in [-0.05, 0) is 49.3 Å². The van der Waals surface area contributed by atoms with Crippen LogP contribution in [0, 0.1) is 5.92 Å². The molecular weight excluding hydrogens is 322 g/mol. The quantitative estimate of drug-likeness (QED) is 0.635. The summed E-state index contributed by atoms with van der Waals surface area (Å²) >= 11 is 0. The van der Waals surface area contributed by atoms with Gasteiger partial charge in [0.1, 0.15) is 5.75 Å². The third-order valence-electron chi connectivity index (χ3n) is 4.34. The van der Waals surface area contributed by atoms with Crippen molar-refractivity contribution in [3.8, 4) is 5.75 Å². The highest BCUT2D eigenvalue weighted by molar-refractivity contribution is 5.75. The first-order valence-electron chi connectivity index (χ1n) is 8.91. The Kier molecular flexibility index (Phi) is 8.25. The van der Waals surface area contributed by atoms with E-state index in [0.29, 0.717) is 37.7 Å². The van der Waals surface area contributed by atoms with Gasteiger partial charge in [-0.1, -0.05) is 12.1 Å². The molecule has 0 unspecified atom stereocenters. The second-order valence-electron chi connectivity index (χ2n) is 6.36. The number of rotatable bonds is 10. The van der Waals surface area contributed by atoms with Gasteiger partial charge in [0.15, 0.2) is 0 Å². The van der Waals surface area contributed by atoms with Crippen molar-refractivity contribution in [3.05, 3.63) is 29.8 Å². The van der Waals surface area contributed by atoms with Crippen LogP contribution in [-0.2, 0) is 20.9 Å². The summed E-state index contributed by atoms with van der Waals surface area (Å²) in [6.45, 7) is 2.52. The van der Waals surface area contributed by atoms with Crippen molar-refractivity contribution in [2.45, 2.75) is 45.1 Å². The summed E-state index contributed by atoms with van der Waals surface area (Å²) < 4.78 is 10.8. The fraction of sp³-hybridized carbons (Fsp3) is 0.579. The first kappa shape index (κ1) is 19.2. The first-order valence-corrected chi connectivity index (χ1v) is 8.91. The van der Waals surface area contributed by atoms with E-state index in [4.69, 9.17) is 14.6 Å². The van der Waals surface area contributed by atoms with Gasteiger partial charge in [0, 0.05) is 32.6 Å². The number of aliphatic carboxylic acids is 1. The van der Waals surface area contributed by atoms with E-state index in [1.165, 1.54) is 0 Å². The number of carbonyl (C=O) groups excluding carboxylic acids is 1. The van der Waals surface area contributed by atoms with Gasteiger partial charge in [-0.15, -0.1) is 0 Å². The number of carboxylic acids is 1. The van der Waals surface area contributed by atoms with Crippen molar-refractivity contribution in [3.63, 3.8) is 0 Å².